The molecule has 6 rings (SSSR count). The van der Waals surface area contributed by atoms with E-state index in [0.717, 1.165) is 61.2 Å². The number of thioether (sulfide) groups is 1. The average molecular weight is 561 g/mol. The minimum atomic E-state index is -0.479. The van der Waals surface area contributed by atoms with Gasteiger partial charge in [-0.15, -0.1) is 11.8 Å². The van der Waals surface area contributed by atoms with Crippen LogP contribution in [0.5, 0.6) is 0 Å². The Bertz CT molecular complexity index is 1310. The SMILES string of the molecule is Cc1cc(N2CCN([C@H]3C[C@@H](C(=O)N4CCSC4)N(C(=O)OCc4ccccc4)C3)CC2)n(-c2ccccc2)n1. The summed E-state index contributed by atoms with van der Waals surface area (Å²) < 4.78 is 7.72. The summed E-state index contributed by atoms with van der Waals surface area (Å²) in [5.41, 5.74) is 2.98. The van der Waals surface area contributed by atoms with Crippen LogP contribution in [0.25, 0.3) is 5.69 Å². The van der Waals surface area contributed by atoms with Gasteiger partial charge >= 0.3 is 6.09 Å². The van der Waals surface area contributed by atoms with Gasteiger partial charge in [0.15, 0.2) is 0 Å². The lowest BCUT2D eigenvalue weighted by Crippen LogP contribution is -2.51. The number of carbonyl (C=O) groups is 2. The quantitative estimate of drug-likeness (QED) is 0.456. The largest absolute Gasteiger partial charge is 0.445 e. The standard InChI is InChI=1S/C30H36N6O3S/c1-23-18-28(36(31-23)25-10-6-3-7-11-25)33-14-12-32(13-15-33)26-19-27(29(37)34-16-17-40-22-34)35(20-26)30(38)39-21-24-8-4-2-5-9-24/h2-11,18,26-27H,12-17,19-22H2,1H3/t26-,27-/m0/s1. The van der Waals surface area contributed by atoms with Gasteiger partial charge in [0.2, 0.25) is 5.91 Å². The molecule has 3 fully saturated rings. The topological polar surface area (TPSA) is 74.2 Å². The molecule has 2 atom stereocenters. The third-order valence-corrected chi connectivity index (χ3v) is 9.00. The smallest absolute Gasteiger partial charge is 0.410 e. The maximum Gasteiger partial charge on any atom is 0.410 e. The fourth-order valence-corrected chi connectivity index (χ4v) is 6.86. The Labute approximate surface area is 239 Å². The van der Waals surface area contributed by atoms with Gasteiger partial charge in [-0.3, -0.25) is 14.6 Å². The number of aryl methyl sites for hydroxylation is 1. The van der Waals surface area contributed by atoms with E-state index < -0.39 is 12.1 Å². The Morgan fingerprint density at radius 1 is 0.975 bits per heavy atom. The van der Waals surface area contributed by atoms with Gasteiger partial charge in [0.1, 0.15) is 18.5 Å². The van der Waals surface area contributed by atoms with Crippen LogP contribution in [0.2, 0.25) is 0 Å². The summed E-state index contributed by atoms with van der Waals surface area (Å²) in [5.74, 6) is 2.78. The zero-order valence-electron chi connectivity index (χ0n) is 22.9. The van der Waals surface area contributed by atoms with Crippen molar-refractivity contribution >= 4 is 29.6 Å². The van der Waals surface area contributed by atoms with Crippen molar-refractivity contribution in [1.82, 2.24) is 24.5 Å². The first-order chi connectivity index (χ1) is 19.6. The third-order valence-electron chi connectivity index (χ3n) is 8.04. The minimum Gasteiger partial charge on any atom is -0.445 e. The van der Waals surface area contributed by atoms with E-state index in [1.54, 1.807) is 16.7 Å². The number of likely N-dealkylation sites (tertiary alicyclic amines) is 1. The number of ether oxygens (including phenoxy) is 1. The van der Waals surface area contributed by atoms with E-state index in [2.05, 4.69) is 28.0 Å². The first-order valence-electron chi connectivity index (χ1n) is 14.0. The van der Waals surface area contributed by atoms with Gasteiger partial charge in [0, 0.05) is 57.1 Å². The highest BCUT2D eigenvalue weighted by molar-refractivity contribution is 7.99. The molecule has 3 aromatic rings. The van der Waals surface area contributed by atoms with E-state index in [9.17, 15) is 9.59 Å². The zero-order chi connectivity index (χ0) is 27.5. The molecule has 0 spiro atoms. The molecule has 0 radical (unpaired) electrons. The van der Waals surface area contributed by atoms with Crippen LogP contribution in [0.1, 0.15) is 17.7 Å². The highest BCUT2D eigenvalue weighted by Crippen LogP contribution is 2.29. The third kappa shape index (κ3) is 5.69. The molecule has 4 heterocycles. The Morgan fingerprint density at radius 3 is 2.40 bits per heavy atom. The van der Waals surface area contributed by atoms with Crippen LogP contribution in [0.15, 0.2) is 66.7 Å². The minimum absolute atomic E-state index is 0.0463. The van der Waals surface area contributed by atoms with E-state index in [-0.39, 0.29) is 18.6 Å². The fraction of sp³-hybridized carbons (Fsp3) is 0.433. The van der Waals surface area contributed by atoms with Gasteiger partial charge in [0.25, 0.3) is 0 Å². The normalized spacial score (nSPS) is 21.7. The lowest BCUT2D eigenvalue weighted by atomic mass is 10.1. The Morgan fingerprint density at radius 2 is 1.70 bits per heavy atom. The number of aromatic nitrogens is 2. The van der Waals surface area contributed by atoms with Crippen molar-refractivity contribution in [2.75, 3.05) is 55.8 Å². The number of carbonyl (C=O) groups excluding carboxylic acids is 2. The molecule has 3 aliphatic heterocycles. The van der Waals surface area contributed by atoms with Gasteiger partial charge < -0.3 is 14.5 Å². The number of amides is 2. The molecule has 2 aromatic carbocycles. The van der Waals surface area contributed by atoms with E-state index >= 15 is 0 Å². The second kappa shape index (κ2) is 11.9. The molecule has 9 nitrogen and oxygen atoms in total. The van der Waals surface area contributed by atoms with Crippen molar-refractivity contribution in [3.05, 3.63) is 78.0 Å². The number of anilines is 1. The molecule has 3 saturated heterocycles. The van der Waals surface area contributed by atoms with E-state index in [4.69, 9.17) is 9.84 Å². The number of para-hydroxylation sites is 1. The highest BCUT2D eigenvalue weighted by atomic mass is 32.2. The van der Waals surface area contributed by atoms with Gasteiger partial charge in [-0.2, -0.15) is 5.10 Å². The number of benzene rings is 2. The van der Waals surface area contributed by atoms with Crippen LogP contribution in [0, 0.1) is 6.92 Å². The Balaban J connectivity index is 1.13. The summed E-state index contributed by atoms with van der Waals surface area (Å²) in [4.78, 5) is 35.2. The van der Waals surface area contributed by atoms with Gasteiger partial charge in [0.05, 0.1) is 17.3 Å². The number of hydrogen-bond acceptors (Lipinski definition) is 7. The molecule has 210 valence electrons. The first-order valence-corrected chi connectivity index (χ1v) is 15.2. The number of piperazine rings is 1. The molecule has 40 heavy (non-hydrogen) atoms. The number of nitrogens with zero attached hydrogens (tertiary/aromatic N) is 6. The average Bonchev–Trinajstić information content (AvgIpc) is 3.77. The molecule has 1 aromatic heterocycles. The van der Waals surface area contributed by atoms with Crippen molar-refractivity contribution < 1.29 is 14.3 Å². The highest BCUT2D eigenvalue weighted by Gasteiger charge is 2.45. The molecule has 0 bridgehead atoms. The van der Waals surface area contributed by atoms with Crippen LogP contribution >= 0.6 is 11.8 Å². The van der Waals surface area contributed by atoms with Crippen molar-refractivity contribution in [2.45, 2.75) is 32.0 Å². The van der Waals surface area contributed by atoms with Gasteiger partial charge in [-0.25, -0.2) is 9.48 Å². The van der Waals surface area contributed by atoms with E-state index in [0.29, 0.717) is 18.8 Å². The summed E-state index contributed by atoms with van der Waals surface area (Å²) in [6.07, 6.45) is 0.235. The van der Waals surface area contributed by atoms with Crippen LogP contribution < -0.4 is 4.90 Å². The zero-order valence-corrected chi connectivity index (χ0v) is 23.7. The second-order valence-electron chi connectivity index (χ2n) is 10.7. The molecule has 0 aliphatic carbocycles. The van der Waals surface area contributed by atoms with Crippen molar-refractivity contribution in [3.8, 4) is 5.69 Å². The molecule has 2 amide bonds. The summed E-state index contributed by atoms with van der Waals surface area (Å²) in [6, 6.07) is 21.7. The maximum atomic E-state index is 13.5. The number of hydrogen-bond donors (Lipinski definition) is 0. The second-order valence-corrected chi connectivity index (χ2v) is 11.7. The van der Waals surface area contributed by atoms with E-state index in [1.165, 1.54) is 0 Å². The summed E-state index contributed by atoms with van der Waals surface area (Å²) in [7, 11) is 0. The summed E-state index contributed by atoms with van der Waals surface area (Å²) in [5, 5.41) is 4.75. The van der Waals surface area contributed by atoms with Crippen molar-refractivity contribution in [3.63, 3.8) is 0 Å². The van der Waals surface area contributed by atoms with Gasteiger partial charge in [-0.1, -0.05) is 48.5 Å². The molecule has 10 heteroatoms. The van der Waals surface area contributed by atoms with Crippen LogP contribution in [-0.2, 0) is 16.1 Å². The van der Waals surface area contributed by atoms with Crippen molar-refractivity contribution in [2.24, 2.45) is 0 Å². The fourth-order valence-electron chi connectivity index (χ4n) is 5.90. The first kappa shape index (κ1) is 26.7. The van der Waals surface area contributed by atoms with Crippen LogP contribution in [-0.4, -0.2) is 99.5 Å². The molecule has 0 N–H and O–H groups in total. The summed E-state index contributed by atoms with van der Waals surface area (Å²) in [6.45, 7) is 6.90. The number of rotatable bonds is 6. The Kier molecular flexibility index (Phi) is 7.97. The Hall–Kier alpha value is -3.50. The van der Waals surface area contributed by atoms with Crippen molar-refractivity contribution in [1.29, 1.82) is 0 Å². The predicted molar refractivity (Wildman–Crippen MR) is 157 cm³/mol. The maximum absolute atomic E-state index is 13.5. The van der Waals surface area contributed by atoms with Crippen LogP contribution in [0.4, 0.5) is 10.6 Å². The molecule has 3 aliphatic rings. The monoisotopic (exact) mass is 560 g/mol. The van der Waals surface area contributed by atoms with Crippen LogP contribution in [0.3, 0.4) is 0 Å². The van der Waals surface area contributed by atoms with E-state index in [1.807, 2.05) is 65.0 Å². The summed E-state index contributed by atoms with van der Waals surface area (Å²) >= 11 is 1.76. The van der Waals surface area contributed by atoms with Gasteiger partial charge in [-0.05, 0) is 31.0 Å². The predicted octanol–water partition coefficient (Wildman–Crippen LogP) is 3.62. The lowest BCUT2D eigenvalue weighted by molar-refractivity contribution is -0.134. The molecule has 0 unspecified atom stereocenters. The molecular formula is C30H36N6O3S. The molecular weight excluding hydrogens is 524 g/mol. The lowest BCUT2D eigenvalue weighted by Gasteiger charge is -2.38. The molecule has 0 saturated carbocycles.